The minimum absolute atomic E-state index is 0.402. The Bertz CT molecular complexity index is 396. The van der Waals surface area contributed by atoms with Crippen molar-refractivity contribution in [2.24, 2.45) is 0 Å². The number of carboxylic acids is 1. The molecule has 86 valence electrons. The highest BCUT2D eigenvalue weighted by Crippen LogP contribution is 2.10. The fraction of sp³-hybridized carbons (Fsp3) is 0.500. The van der Waals surface area contributed by atoms with Crippen LogP contribution in [0.2, 0.25) is 0 Å². The van der Waals surface area contributed by atoms with Crippen LogP contribution in [-0.4, -0.2) is 46.7 Å². The molecule has 1 fully saturated rings. The second kappa shape index (κ2) is 4.44. The van der Waals surface area contributed by atoms with E-state index < -0.39 is 12.0 Å². The summed E-state index contributed by atoms with van der Waals surface area (Å²) in [6.07, 6.45) is 1.69. The van der Waals surface area contributed by atoms with Crippen LogP contribution in [0.3, 0.4) is 0 Å². The van der Waals surface area contributed by atoms with Gasteiger partial charge in [-0.25, -0.2) is 9.97 Å². The minimum atomic E-state index is -0.836. The van der Waals surface area contributed by atoms with E-state index in [0.717, 1.165) is 12.2 Å². The van der Waals surface area contributed by atoms with Crippen molar-refractivity contribution in [1.82, 2.24) is 15.3 Å². The number of aromatic nitrogens is 2. The van der Waals surface area contributed by atoms with Crippen molar-refractivity contribution in [1.29, 1.82) is 0 Å². The van der Waals surface area contributed by atoms with Gasteiger partial charge in [0.1, 0.15) is 6.04 Å². The molecule has 1 atom stereocenters. The summed E-state index contributed by atoms with van der Waals surface area (Å²) in [7, 11) is 0. The van der Waals surface area contributed by atoms with Crippen molar-refractivity contribution in [2.75, 3.05) is 24.5 Å². The Hall–Kier alpha value is -1.69. The molecular weight excluding hydrogens is 208 g/mol. The third-order valence-corrected chi connectivity index (χ3v) is 2.54. The first-order chi connectivity index (χ1) is 7.66. The van der Waals surface area contributed by atoms with Gasteiger partial charge in [-0.05, 0) is 13.0 Å². The number of carbonyl (C=O) groups is 1. The molecule has 0 bridgehead atoms. The van der Waals surface area contributed by atoms with Crippen molar-refractivity contribution in [2.45, 2.75) is 13.0 Å². The predicted molar refractivity (Wildman–Crippen MR) is 58.4 cm³/mol. The van der Waals surface area contributed by atoms with Crippen LogP contribution in [0.5, 0.6) is 0 Å². The molecular formula is C10H14N4O2. The average molecular weight is 222 g/mol. The molecule has 0 aliphatic carbocycles. The number of nitrogens with one attached hydrogen (secondary N) is 1. The first-order valence-corrected chi connectivity index (χ1v) is 5.17. The molecule has 0 aromatic carbocycles. The highest BCUT2D eigenvalue weighted by molar-refractivity contribution is 5.74. The van der Waals surface area contributed by atoms with Crippen LogP contribution in [0, 0.1) is 6.92 Å². The first kappa shape index (κ1) is 10.8. The zero-order chi connectivity index (χ0) is 11.5. The fourth-order valence-corrected chi connectivity index (χ4v) is 1.69. The van der Waals surface area contributed by atoms with Gasteiger partial charge in [-0.2, -0.15) is 0 Å². The number of aryl methyl sites for hydroxylation is 1. The Morgan fingerprint density at radius 1 is 1.69 bits per heavy atom. The third-order valence-electron chi connectivity index (χ3n) is 2.54. The van der Waals surface area contributed by atoms with Crippen molar-refractivity contribution in [3.05, 3.63) is 18.0 Å². The number of hydrogen-bond donors (Lipinski definition) is 2. The zero-order valence-electron chi connectivity index (χ0n) is 9.05. The maximum absolute atomic E-state index is 10.9. The third kappa shape index (κ3) is 2.27. The number of anilines is 1. The molecule has 1 aliphatic heterocycles. The van der Waals surface area contributed by atoms with Gasteiger partial charge in [0.15, 0.2) is 0 Å². The van der Waals surface area contributed by atoms with Crippen LogP contribution < -0.4 is 10.2 Å². The number of hydrogen-bond acceptors (Lipinski definition) is 5. The van der Waals surface area contributed by atoms with Crippen LogP contribution in [0.1, 0.15) is 5.69 Å². The second-order valence-electron chi connectivity index (χ2n) is 3.79. The normalized spacial score (nSPS) is 20.8. The lowest BCUT2D eigenvalue weighted by molar-refractivity contribution is -0.139. The Morgan fingerprint density at radius 2 is 2.50 bits per heavy atom. The summed E-state index contributed by atoms with van der Waals surface area (Å²) >= 11 is 0. The molecule has 1 aromatic rings. The minimum Gasteiger partial charge on any atom is -0.480 e. The topological polar surface area (TPSA) is 78.4 Å². The lowest BCUT2D eigenvalue weighted by Gasteiger charge is -2.31. The van der Waals surface area contributed by atoms with Gasteiger partial charge in [-0.15, -0.1) is 0 Å². The molecule has 0 amide bonds. The Balaban J connectivity index is 2.12. The van der Waals surface area contributed by atoms with Gasteiger partial charge in [0, 0.05) is 31.5 Å². The summed E-state index contributed by atoms with van der Waals surface area (Å²) < 4.78 is 0. The molecule has 2 rings (SSSR count). The van der Waals surface area contributed by atoms with E-state index in [1.54, 1.807) is 6.20 Å². The van der Waals surface area contributed by atoms with Crippen LogP contribution >= 0.6 is 0 Å². The van der Waals surface area contributed by atoms with Gasteiger partial charge in [0.05, 0.1) is 0 Å². The summed E-state index contributed by atoms with van der Waals surface area (Å²) in [6.45, 7) is 3.66. The standard InChI is InChI=1S/C10H14N4O2/c1-7-2-3-12-10(13-7)14-5-4-11-8(6-14)9(15)16/h2-3,8,11H,4-6H2,1H3,(H,15,16)/t8-/m0/s1. The molecule has 6 heteroatoms. The molecule has 0 spiro atoms. The highest BCUT2D eigenvalue weighted by Gasteiger charge is 2.25. The van der Waals surface area contributed by atoms with Gasteiger partial charge in [-0.3, -0.25) is 4.79 Å². The summed E-state index contributed by atoms with van der Waals surface area (Å²) in [4.78, 5) is 21.2. The number of nitrogens with zero attached hydrogens (tertiary/aromatic N) is 3. The second-order valence-corrected chi connectivity index (χ2v) is 3.79. The van der Waals surface area contributed by atoms with E-state index in [9.17, 15) is 4.79 Å². The molecule has 6 nitrogen and oxygen atoms in total. The SMILES string of the molecule is Cc1ccnc(N2CCN[C@H](C(=O)O)C2)n1. The Labute approximate surface area is 93.3 Å². The molecule has 0 radical (unpaired) electrons. The monoisotopic (exact) mass is 222 g/mol. The first-order valence-electron chi connectivity index (χ1n) is 5.17. The van der Waals surface area contributed by atoms with Crippen LogP contribution in [-0.2, 0) is 4.79 Å². The zero-order valence-corrected chi connectivity index (χ0v) is 9.05. The summed E-state index contributed by atoms with van der Waals surface area (Å²) in [6, 6.07) is 1.28. The quantitative estimate of drug-likeness (QED) is 0.712. The van der Waals surface area contributed by atoms with E-state index in [1.165, 1.54) is 0 Å². The van der Waals surface area contributed by atoms with E-state index in [-0.39, 0.29) is 0 Å². The fourth-order valence-electron chi connectivity index (χ4n) is 1.69. The van der Waals surface area contributed by atoms with E-state index in [1.807, 2.05) is 17.9 Å². The lowest BCUT2D eigenvalue weighted by atomic mass is 10.2. The summed E-state index contributed by atoms with van der Waals surface area (Å²) in [5.74, 6) is -0.231. The van der Waals surface area contributed by atoms with Crippen molar-refractivity contribution in [3.63, 3.8) is 0 Å². The predicted octanol–water partition coefficient (Wildman–Crippen LogP) is -0.352. The van der Waals surface area contributed by atoms with Crippen molar-refractivity contribution in [3.8, 4) is 0 Å². The van der Waals surface area contributed by atoms with Crippen molar-refractivity contribution >= 4 is 11.9 Å². The van der Waals surface area contributed by atoms with E-state index >= 15 is 0 Å². The van der Waals surface area contributed by atoms with Crippen LogP contribution in [0.25, 0.3) is 0 Å². The largest absolute Gasteiger partial charge is 0.480 e. The van der Waals surface area contributed by atoms with Crippen LogP contribution in [0.4, 0.5) is 5.95 Å². The Kier molecular flexibility index (Phi) is 3.00. The smallest absolute Gasteiger partial charge is 0.322 e. The molecule has 1 aliphatic rings. The molecule has 1 saturated heterocycles. The van der Waals surface area contributed by atoms with Gasteiger partial charge in [-0.1, -0.05) is 0 Å². The Morgan fingerprint density at radius 3 is 3.19 bits per heavy atom. The van der Waals surface area contributed by atoms with Crippen molar-refractivity contribution < 1.29 is 9.90 Å². The van der Waals surface area contributed by atoms with Gasteiger partial charge < -0.3 is 15.3 Å². The number of piperazine rings is 1. The van der Waals surface area contributed by atoms with E-state index in [4.69, 9.17) is 5.11 Å². The molecule has 2 heterocycles. The number of carboxylic acid groups (broad SMARTS) is 1. The van der Waals surface area contributed by atoms with Gasteiger partial charge in [0.25, 0.3) is 0 Å². The van der Waals surface area contributed by atoms with E-state index in [2.05, 4.69) is 15.3 Å². The molecule has 0 saturated carbocycles. The maximum Gasteiger partial charge on any atom is 0.322 e. The summed E-state index contributed by atoms with van der Waals surface area (Å²) in [5.41, 5.74) is 0.885. The average Bonchev–Trinajstić information content (AvgIpc) is 2.29. The van der Waals surface area contributed by atoms with Crippen LogP contribution in [0.15, 0.2) is 12.3 Å². The summed E-state index contributed by atoms with van der Waals surface area (Å²) in [5, 5.41) is 11.9. The van der Waals surface area contributed by atoms with E-state index in [0.29, 0.717) is 19.0 Å². The lowest BCUT2D eigenvalue weighted by Crippen LogP contribution is -2.54. The number of rotatable bonds is 2. The highest BCUT2D eigenvalue weighted by atomic mass is 16.4. The molecule has 16 heavy (non-hydrogen) atoms. The molecule has 1 aromatic heterocycles. The van der Waals surface area contributed by atoms with Gasteiger partial charge in [0.2, 0.25) is 5.95 Å². The number of aliphatic carboxylic acids is 1. The maximum atomic E-state index is 10.9. The molecule has 2 N–H and O–H groups in total. The van der Waals surface area contributed by atoms with Gasteiger partial charge >= 0.3 is 5.97 Å². The molecule has 0 unspecified atom stereocenters.